The van der Waals surface area contributed by atoms with E-state index in [0.29, 0.717) is 0 Å². The number of amides is 1. The molecule has 2 fully saturated rings. The van der Waals surface area contributed by atoms with Gasteiger partial charge in [-0.25, -0.2) is 9.13 Å². The van der Waals surface area contributed by atoms with E-state index >= 15 is 0 Å². The summed E-state index contributed by atoms with van der Waals surface area (Å²) in [5, 5.41) is 48.8. The lowest BCUT2D eigenvalue weighted by Crippen LogP contribution is -2.46. The van der Waals surface area contributed by atoms with Gasteiger partial charge in [0.05, 0.1) is 13.2 Å². The second kappa shape index (κ2) is 12.5. The number of fused-ring (bicyclic) bond motifs is 1. The molecule has 5 rings (SSSR count). The molecule has 3 aromatic heterocycles. The van der Waals surface area contributed by atoms with Crippen molar-refractivity contribution in [2.24, 2.45) is 5.73 Å². The van der Waals surface area contributed by atoms with Crippen LogP contribution in [0.25, 0.3) is 11.2 Å². The first-order valence-corrected chi connectivity index (χ1v) is 15.7. The van der Waals surface area contributed by atoms with Crippen molar-refractivity contribution in [3.63, 3.8) is 0 Å². The number of nitrogens with one attached hydrogen (secondary N) is 1. The Labute approximate surface area is 249 Å². The second-order valence-electron chi connectivity index (χ2n) is 9.76. The van der Waals surface area contributed by atoms with Gasteiger partial charge < -0.3 is 51.2 Å². The van der Waals surface area contributed by atoms with E-state index in [1.54, 1.807) is 0 Å². The Morgan fingerprint density at radius 1 is 1.04 bits per heavy atom. The number of phosphoric ester groups is 2. The van der Waals surface area contributed by atoms with E-state index in [1.165, 1.54) is 29.1 Å². The number of primary amides is 1. The van der Waals surface area contributed by atoms with E-state index in [4.69, 9.17) is 20.9 Å². The number of carbonyl (C=O) groups excluding carboxylic acids is 1. The molecule has 3 aromatic rings. The molecule has 23 nitrogen and oxygen atoms in total. The molecule has 45 heavy (non-hydrogen) atoms. The highest BCUT2D eigenvalue weighted by Crippen LogP contribution is 2.60. The maximum Gasteiger partial charge on any atom is 0.481 e. The normalized spacial score (nSPS) is 31.2. The van der Waals surface area contributed by atoms with Crippen molar-refractivity contribution in [2.75, 3.05) is 18.9 Å². The summed E-state index contributed by atoms with van der Waals surface area (Å²) in [6.07, 6.45) is -9.96. The Morgan fingerprint density at radius 2 is 1.67 bits per heavy atom. The van der Waals surface area contributed by atoms with Crippen LogP contribution in [0.2, 0.25) is 0 Å². The SMILES string of the molecule is NC(=O)c1ccc[n+](C2OC(COP(=O)(O)OP(=O)(O)OCC3OC(n4nnc5c(=O)[nH]c(N)nc54)C(O)C3O)C(O)C2O)c1. The minimum atomic E-state index is -5.43. The van der Waals surface area contributed by atoms with Gasteiger partial charge in [0.15, 0.2) is 35.9 Å². The number of rotatable bonds is 11. The van der Waals surface area contributed by atoms with Crippen molar-refractivity contribution in [1.29, 1.82) is 0 Å². The summed E-state index contributed by atoms with van der Waals surface area (Å²) in [5.41, 5.74) is 9.59. The zero-order chi connectivity index (χ0) is 32.8. The van der Waals surface area contributed by atoms with Crippen molar-refractivity contribution in [3.8, 4) is 0 Å². The zero-order valence-electron chi connectivity index (χ0n) is 22.5. The number of carbonyl (C=O) groups is 1. The molecule has 11 N–H and O–H groups in total. The number of aromatic nitrogens is 6. The van der Waals surface area contributed by atoms with Crippen LogP contribution in [-0.2, 0) is 32.0 Å². The molecule has 1 amide bonds. The third kappa shape index (κ3) is 6.95. The maximum absolute atomic E-state index is 12.4. The molecule has 10 unspecified atom stereocenters. The number of aromatic amines is 1. The van der Waals surface area contributed by atoms with Gasteiger partial charge >= 0.3 is 15.6 Å². The predicted molar refractivity (Wildman–Crippen MR) is 140 cm³/mol. The molecule has 2 aliphatic heterocycles. The Kier molecular flexibility index (Phi) is 9.19. The van der Waals surface area contributed by atoms with E-state index in [-0.39, 0.29) is 22.7 Å². The minimum Gasteiger partial charge on any atom is -0.387 e. The average molecular weight is 681 g/mol. The maximum atomic E-state index is 12.4. The van der Waals surface area contributed by atoms with Crippen molar-refractivity contribution >= 4 is 38.7 Å². The number of phosphoric acid groups is 2. The Hall–Kier alpha value is -3.28. The fourth-order valence-corrected chi connectivity index (χ4v) is 6.61. The summed E-state index contributed by atoms with van der Waals surface area (Å²) < 4.78 is 51.4. The summed E-state index contributed by atoms with van der Waals surface area (Å²) in [7, 11) is -10.8. The third-order valence-corrected chi connectivity index (χ3v) is 9.28. The number of nitrogens with zero attached hydrogens (tertiary/aromatic N) is 5. The van der Waals surface area contributed by atoms with E-state index in [2.05, 4.69) is 33.6 Å². The molecule has 25 heteroatoms. The Bertz CT molecular complexity index is 1740. The lowest BCUT2D eigenvalue weighted by Gasteiger charge is -2.20. The molecular weight excluding hydrogens is 654 g/mol. The van der Waals surface area contributed by atoms with E-state index in [1.807, 2.05) is 0 Å². The van der Waals surface area contributed by atoms with Crippen LogP contribution in [0.5, 0.6) is 0 Å². The number of hydrogen-bond acceptors (Lipinski definition) is 17. The number of nitrogen functional groups attached to an aromatic ring is 1. The van der Waals surface area contributed by atoms with Gasteiger partial charge in [0.25, 0.3) is 17.7 Å². The van der Waals surface area contributed by atoms with Crippen LogP contribution in [0.4, 0.5) is 5.95 Å². The highest BCUT2D eigenvalue weighted by atomic mass is 31.3. The lowest BCUT2D eigenvalue weighted by molar-refractivity contribution is -0.765. The fourth-order valence-electron chi connectivity index (χ4n) is 4.52. The summed E-state index contributed by atoms with van der Waals surface area (Å²) in [6.45, 7) is -1.91. The first kappa shape index (κ1) is 33.1. The molecule has 0 bridgehead atoms. The monoisotopic (exact) mass is 681 g/mol. The molecule has 246 valence electrons. The zero-order valence-corrected chi connectivity index (χ0v) is 24.3. The minimum absolute atomic E-state index is 0.0562. The predicted octanol–water partition coefficient (Wildman–Crippen LogP) is -4.33. The van der Waals surface area contributed by atoms with Gasteiger partial charge in [0, 0.05) is 6.07 Å². The Morgan fingerprint density at radius 3 is 2.31 bits per heavy atom. The largest absolute Gasteiger partial charge is 0.481 e. The molecular formula is C20H27N8O15P2+. The van der Waals surface area contributed by atoms with Gasteiger partial charge in [-0.3, -0.25) is 23.6 Å². The van der Waals surface area contributed by atoms with Gasteiger partial charge in [0.1, 0.15) is 36.1 Å². The molecule has 0 radical (unpaired) electrons. The number of nitrogens with two attached hydrogens (primary N) is 2. The van der Waals surface area contributed by atoms with Crippen molar-refractivity contribution in [1.82, 2.24) is 25.0 Å². The van der Waals surface area contributed by atoms with Crippen LogP contribution in [0, 0.1) is 0 Å². The highest BCUT2D eigenvalue weighted by Gasteiger charge is 2.50. The van der Waals surface area contributed by atoms with Crippen LogP contribution in [0.1, 0.15) is 22.8 Å². The lowest BCUT2D eigenvalue weighted by atomic mass is 10.1. The summed E-state index contributed by atoms with van der Waals surface area (Å²) in [5.74, 6) is -1.09. The quantitative estimate of drug-likeness (QED) is 0.0682. The summed E-state index contributed by atoms with van der Waals surface area (Å²) >= 11 is 0. The van der Waals surface area contributed by atoms with Gasteiger partial charge in [-0.15, -0.1) is 5.10 Å². The van der Waals surface area contributed by atoms with Crippen molar-refractivity contribution in [2.45, 2.75) is 49.1 Å². The number of aliphatic hydroxyl groups is 4. The molecule has 0 saturated carbocycles. The molecule has 0 aliphatic carbocycles. The average Bonchev–Trinajstić information content (AvgIpc) is 3.60. The molecule has 5 heterocycles. The van der Waals surface area contributed by atoms with Crippen LogP contribution >= 0.6 is 15.6 Å². The third-order valence-electron chi connectivity index (χ3n) is 6.68. The number of ether oxygens (including phenoxy) is 2. The van der Waals surface area contributed by atoms with E-state index in [0.717, 1.165) is 4.68 Å². The smallest absolute Gasteiger partial charge is 0.387 e. The van der Waals surface area contributed by atoms with Crippen LogP contribution in [-0.4, -0.2) is 111 Å². The fraction of sp³-hybridized carbons (Fsp3) is 0.500. The number of aliphatic hydroxyl groups excluding tert-OH is 4. The molecule has 2 aliphatic rings. The van der Waals surface area contributed by atoms with E-state index in [9.17, 15) is 48.9 Å². The standard InChI is InChI=1S/C20H26N8O15P2/c21-15(33)7-2-1-3-27(4-7)18-13(31)11(29)8(41-18)5-39-44(35,36)43-45(37,38)40-6-9-12(30)14(32)19(42-9)28-16-10(25-26-28)17(34)24-20(22)23-16/h1-4,8-9,11-14,18-19,29-32H,5-6H2,(H6-,21,22,23,24,26,33,34,35,36,37,38)/p+1. The van der Waals surface area contributed by atoms with Crippen molar-refractivity contribution < 1.29 is 71.5 Å². The van der Waals surface area contributed by atoms with Gasteiger partial charge in [-0.05, 0) is 6.07 Å². The Balaban J connectivity index is 1.17. The topological polar surface area (TPSA) is 351 Å². The second-order valence-corrected chi connectivity index (χ2v) is 12.8. The summed E-state index contributed by atoms with van der Waals surface area (Å²) in [4.78, 5) is 49.5. The van der Waals surface area contributed by atoms with Gasteiger partial charge in [-0.1, -0.05) is 5.21 Å². The van der Waals surface area contributed by atoms with Crippen molar-refractivity contribution in [3.05, 3.63) is 40.4 Å². The number of hydrogen-bond donors (Lipinski definition) is 9. The molecule has 10 atom stereocenters. The summed E-state index contributed by atoms with van der Waals surface area (Å²) in [6, 6.07) is 2.81. The first-order chi connectivity index (χ1) is 21.1. The number of pyridine rings is 1. The van der Waals surface area contributed by atoms with E-state index < -0.39 is 89.4 Å². The highest BCUT2D eigenvalue weighted by molar-refractivity contribution is 7.61. The van der Waals surface area contributed by atoms with Crippen LogP contribution < -0.4 is 21.6 Å². The number of anilines is 1. The van der Waals surface area contributed by atoms with Gasteiger partial charge in [-0.2, -0.15) is 18.5 Å². The van der Waals surface area contributed by atoms with Crippen LogP contribution in [0.3, 0.4) is 0 Å². The number of H-pyrrole nitrogens is 1. The first-order valence-electron chi connectivity index (χ1n) is 12.7. The van der Waals surface area contributed by atoms with Gasteiger partial charge in [0.2, 0.25) is 5.95 Å². The van der Waals surface area contributed by atoms with Crippen LogP contribution in [0.15, 0.2) is 29.3 Å². The molecule has 0 aromatic carbocycles. The molecule has 2 saturated heterocycles. The molecule has 0 spiro atoms.